The van der Waals surface area contributed by atoms with Crippen molar-refractivity contribution in [3.63, 3.8) is 0 Å². The zero-order chi connectivity index (χ0) is 11.9. The molecule has 0 bridgehead atoms. The topological polar surface area (TPSA) is 40.7 Å². The number of aromatic nitrogens is 2. The van der Waals surface area contributed by atoms with Crippen LogP contribution in [0.3, 0.4) is 0 Å². The van der Waals surface area contributed by atoms with Gasteiger partial charge in [0.2, 0.25) is 5.95 Å². The van der Waals surface area contributed by atoms with E-state index in [0.29, 0.717) is 5.41 Å². The Bertz CT molecular complexity index is 490. The van der Waals surface area contributed by atoms with E-state index < -0.39 is 0 Å². The quantitative estimate of drug-likeness (QED) is 0.843. The molecule has 3 nitrogen and oxygen atoms in total. The molecule has 1 heterocycles. The fraction of sp³-hybridized carbons (Fsp3) is 0.500. The van der Waals surface area contributed by atoms with Gasteiger partial charge in [0.25, 0.3) is 0 Å². The van der Waals surface area contributed by atoms with Gasteiger partial charge in [-0.3, -0.25) is 0 Å². The average molecular weight is 229 g/mol. The van der Waals surface area contributed by atoms with Crippen molar-refractivity contribution in [1.82, 2.24) is 9.97 Å². The van der Waals surface area contributed by atoms with Crippen LogP contribution >= 0.6 is 0 Å². The Kier molecular flexibility index (Phi) is 2.35. The van der Waals surface area contributed by atoms with Crippen LogP contribution in [0.4, 0.5) is 5.95 Å². The highest BCUT2D eigenvalue weighted by Crippen LogP contribution is 2.51. The molecule has 2 N–H and O–H groups in total. The van der Waals surface area contributed by atoms with Crippen LogP contribution in [0.2, 0.25) is 0 Å². The van der Waals surface area contributed by atoms with Gasteiger partial charge in [0, 0.05) is 6.54 Å². The first-order chi connectivity index (χ1) is 8.20. The van der Waals surface area contributed by atoms with Crippen molar-refractivity contribution in [1.29, 1.82) is 0 Å². The van der Waals surface area contributed by atoms with Gasteiger partial charge in [-0.05, 0) is 36.3 Å². The first-order valence-electron chi connectivity index (χ1n) is 6.38. The molecular weight excluding hydrogens is 210 g/mol. The normalized spacial score (nSPS) is 17.6. The standard InChI is InChI=1S/C14H19N3/c1-10(2)14(7-8-14)9-15-13-16-11-5-3-4-6-12(11)17-13/h3-6,10H,7-9H2,1-2H3,(H2,15,16,17). The maximum Gasteiger partial charge on any atom is 0.201 e. The Morgan fingerprint density at radius 3 is 2.76 bits per heavy atom. The molecular formula is C14H19N3. The van der Waals surface area contributed by atoms with E-state index in [9.17, 15) is 0 Å². The van der Waals surface area contributed by atoms with Gasteiger partial charge in [0.15, 0.2) is 0 Å². The SMILES string of the molecule is CC(C)C1(CNc2nc3ccccc3[nH]2)CC1. The van der Waals surface area contributed by atoms with Gasteiger partial charge in [0.05, 0.1) is 11.0 Å². The van der Waals surface area contributed by atoms with E-state index in [1.807, 2.05) is 18.2 Å². The number of rotatable bonds is 4. The Morgan fingerprint density at radius 1 is 1.35 bits per heavy atom. The molecule has 1 fully saturated rings. The molecule has 0 atom stereocenters. The highest BCUT2D eigenvalue weighted by molar-refractivity contribution is 5.77. The lowest BCUT2D eigenvalue weighted by Gasteiger charge is -2.19. The monoisotopic (exact) mass is 229 g/mol. The lowest BCUT2D eigenvalue weighted by Crippen LogP contribution is -2.21. The minimum absolute atomic E-state index is 0.513. The van der Waals surface area contributed by atoms with E-state index in [4.69, 9.17) is 0 Å². The number of nitrogens with one attached hydrogen (secondary N) is 2. The Balaban J connectivity index is 1.73. The van der Waals surface area contributed by atoms with Crippen LogP contribution in [0.15, 0.2) is 24.3 Å². The number of aromatic amines is 1. The van der Waals surface area contributed by atoms with Crippen molar-refractivity contribution in [2.24, 2.45) is 11.3 Å². The van der Waals surface area contributed by atoms with Crippen LogP contribution < -0.4 is 5.32 Å². The van der Waals surface area contributed by atoms with Gasteiger partial charge >= 0.3 is 0 Å². The smallest absolute Gasteiger partial charge is 0.201 e. The van der Waals surface area contributed by atoms with Crippen LogP contribution in [-0.2, 0) is 0 Å². The Morgan fingerprint density at radius 2 is 2.12 bits per heavy atom. The lowest BCUT2D eigenvalue weighted by molar-refractivity contribution is 0.379. The third-order valence-electron chi connectivity index (χ3n) is 4.11. The van der Waals surface area contributed by atoms with Crippen LogP contribution in [-0.4, -0.2) is 16.5 Å². The van der Waals surface area contributed by atoms with Gasteiger partial charge in [-0.1, -0.05) is 26.0 Å². The van der Waals surface area contributed by atoms with E-state index in [-0.39, 0.29) is 0 Å². The summed E-state index contributed by atoms with van der Waals surface area (Å²) in [6.45, 7) is 5.66. The molecule has 1 aliphatic carbocycles. The average Bonchev–Trinajstić information content (AvgIpc) is 3.00. The molecule has 1 aliphatic rings. The summed E-state index contributed by atoms with van der Waals surface area (Å²) in [6.07, 6.45) is 2.69. The number of hydrogen-bond donors (Lipinski definition) is 2. The summed E-state index contributed by atoms with van der Waals surface area (Å²) in [5.74, 6) is 1.65. The first-order valence-corrected chi connectivity index (χ1v) is 6.38. The number of fused-ring (bicyclic) bond motifs is 1. The highest BCUT2D eigenvalue weighted by atomic mass is 15.1. The van der Waals surface area contributed by atoms with Crippen molar-refractivity contribution in [2.75, 3.05) is 11.9 Å². The predicted molar refractivity (Wildman–Crippen MR) is 71.1 cm³/mol. The zero-order valence-corrected chi connectivity index (χ0v) is 10.5. The summed E-state index contributed by atoms with van der Waals surface area (Å²) >= 11 is 0. The van der Waals surface area contributed by atoms with Gasteiger partial charge in [-0.2, -0.15) is 0 Å². The third kappa shape index (κ3) is 1.90. The number of hydrogen-bond acceptors (Lipinski definition) is 2. The van der Waals surface area contributed by atoms with E-state index in [0.717, 1.165) is 29.4 Å². The second-order valence-electron chi connectivity index (χ2n) is 5.47. The van der Waals surface area contributed by atoms with Crippen molar-refractivity contribution in [3.05, 3.63) is 24.3 Å². The summed E-state index contributed by atoms with van der Waals surface area (Å²) in [7, 11) is 0. The van der Waals surface area contributed by atoms with Crippen molar-refractivity contribution >= 4 is 17.0 Å². The predicted octanol–water partition coefficient (Wildman–Crippen LogP) is 3.41. The molecule has 0 aliphatic heterocycles. The Labute approximate surface area is 102 Å². The molecule has 3 heteroatoms. The van der Waals surface area contributed by atoms with Crippen molar-refractivity contribution in [2.45, 2.75) is 26.7 Å². The van der Waals surface area contributed by atoms with Gasteiger partial charge in [-0.15, -0.1) is 0 Å². The van der Waals surface area contributed by atoms with E-state index in [2.05, 4.69) is 35.2 Å². The van der Waals surface area contributed by atoms with Gasteiger partial charge in [-0.25, -0.2) is 4.98 Å². The molecule has 0 saturated heterocycles. The van der Waals surface area contributed by atoms with Crippen molar-refractivity contribution < 1.29 is 0 Å². The number of H-pyrrole nitrogens is 1. The second-order valence-corrected chi connectivity index (χ2v) is 5.47. The second kappa shape index (κ2) is 3.76. The summed E-state index contributed by atoms with van der Waals surface area (Å²) < 4.78 is 0. The maximum atomic E-state index is 4.54. The molecule has 90 valence electrons. The summed E-state index contributed by atoms with van der Waals surface area (Å²) in [4.78, 5) is 7.85. The molecule has 0 unspecified atom stereocenters. The lowest BCUT2D eigenvalue weighted by atomic mass is 9.92. The van der Waals surface area contributed by atoms with Crippen LogP contribution in [0.1, 0.15) is 26.7 Å². The maximum absolute atomic E-state index is 4.54. The molecule has 1 aromatic heterocycles. The van der Waals surface area contributed by atoms with Crippen LogP contribution in [0.5, 0.6) is 0 Å². The van der Waals surface area contributed by atoms with Crippen LogP contribution in [0.25, 0.3) is 11.0 Å². The van der Waals surface area contributed by atoms with E-state index in [1.165, 1.54) is 12.8 Å². The molecule has 1 saturated carbocycles. The molecule has 0 amide bonds. The van der Waals surface area contributed by atoms with Crippen LogP contribution in [0, 0.1) is 11.3 Å². The highest BCUT2D eigenvalue weighted by Gasteiger charge is 2.45. The third-order valence-corrected chi connectivity index (χ3v) is 4.11. The largest absolute Gasteiger partial charge is 0.355 e. The molecule has 0 radical (unpaired) electrons. The fourth-order valence-corrected chi connectivity index (χ4v) is 2.42. The van der Waals surface area contributed by atoms with Gasteiger partial charge in [0.1, 0.15) is 0 Å². The fourth-order valence-electron chi connectivity index (χ4n) is 2.42. The number of benzene rings is 1. The van der Waals surface area contributed by atoms with Crippen molar-refractivity contribution in [3.8, 4) is 0 Å². The molecule has 17 heavy (non-hydrogen) atoms. The minimum Gasteiger partial charge on any atom is -0.355 e. The van der Waals surface area contributed by atoms with E-state index in [1.54, 1.807) is 0 Å². The number of nitrogens with zero attached hydrogens (tertiary/aromatic N) is 1. The first kappa shape index (κ1) is 10.6. The Hall–Kier alpha value is -1.51. The number of anilines is 1. The summed E-state index contributed by atoms with van der Waals surface area (Å²) in [5, 5.41) is 3.45. The summed E-state index contributed by atoms with van der Waals surface area (Å²) in [5.41, 5.74) is 2.65. The number of para-hydroxylation sites is 2. The molecule has 1 aromatic carbocycles. The molecule has 0 spiro atoms. The zero-order valence-electron chi connectivity index (χ0n) is 10.5. The molecule has 2 aromatic rings. The number of imidazole rings is 1. The van der Waals surface area contributed by atoms with Gasteiger partial charge < -0.3 is 10.3 Å². The minimum atomic E-state index is 0.513. The summed E-state index contributed by atoms with van der Waals surface area (Å²) in [6, 6.07) is 8.14. The molecule has 3 rings (SSSR count). The van der Waals surface area contributed by atoms with E-state index >= 15 is 0 Å².